The van der Waals surface area contributed by atoms with Gasteiger partial charge in [-0.15, -0.1) is 0 Å². The summed E-state index contributed by atoms with van der Waals surface area (Å²) in [6.45, 7) is 2.61. The Kier molecular flexibility index (Phi) is 52.3. The van der Waals surface area contributed by atoms with Crippen LogP contribution in [0, 0.1) is 0 Å². The molecule has 0 spiro atoms. The number of ether oxygens (including phenoxy) is 4. The van der Waals surface area contributed by atoms with Crippen molar-refractivity contribution in [1.82, 2.24) is 5.32 Å². The molecule has 0 aromatic carbocycles. The van der Waals surface area contributed by atoms with Crippen molar-refractivity contribution in [2.24, 2.45) is 0 Å². The largest absolute Gasteiger partial charge is 0.394 e. The number of aliphatic hydroxyl groups is 8. The third kappa shape index (κ3) is 41.1. The summed E-state index contributed by atoms with van der Waals surface area (Å²) in [5.74, 6) is -0.253. The Morgan fingerprint density at radius 3 is 1.26 bits per heavy atom. The van der Waals surface area contributed by atoms with Crippen LogP contribution in [0.3, 0.4) is 0 Å². The molecule has 2 fully saturated rings. The van der Waals surface area contributed by atoms with Gasteiger partial charge in [0.15, 0.2) is 12.6 Å². The summed E-state index contributed by atoms with van der Waals surface area (Å²) in [7, 11) is 0. The minimum Gasteiger partial charge on any atom is -0.394 e. The Bertz CT molecular complexity index is 1830. The zero-order valence-corrected chi connectivity index (χ0v) is 54.5. The molecule has 87 heavy (non-hydrogen) atoms. The molecular formula is C73H127NO13. The van der Waals surface area contributed by atoms with Gasteiger partial charge in [0.25, 0.3) is 0 Å². The molecule has 0 bridgehead atoms. The summed E-state index contributed by atoms with van der Waals surface area (Å²) >= 11 is 0. The second-order valence-electron chi connectivity index (χ2n) is 24.3. The average Bonchev–Trinajstić information content (AvgIpc) is 2.31. The number of carbonyl (C=O) groups is 1. The monoisotopic (exact) mass is 1230 g/mol. The Balaban J connectivity index is 1.54. The van der Waals surface area contributed by atoms with Crippen LogP contribution in [0.15, 0.2) is 97.2 Å². The zero-order valence-electron chi connectivity index (χ0n) is 54.5. The summed E-state index contributed by atoms with van der Waals surface area (Å²) in [6.07, 6.45) is 63.7. The van der Waals surface area contributed by atoms with Gasteiger partial charge in [-0.25, -0.2) is 0 Å². The van der Waals surface area contributed by atoms with Gasteiger partial charge in [-0.3, -0.25) is 4.79 Å². The molecule has 9 N–H and O–H groups in total. The van der Waals surface area contributed by atoms with Crippen LogP contribution in [0.25, 0.3) is 0 Å². The van der Waals surface area contributed by atoms with Crippen molar-refractivity contribution in [2.75, 3.05) is 19.8 Å². The summed E-state index contributed by atoms with van der Waals surface area (Å²) < 4.78 is 22.8. The molecule has 502 valence electrons. The lowest BCUT2D eigenvalue weighted by Gasteiger charge is -2.46. The molecular weight excluding hydrogens is 1100 g/mol. The second kappa shape index (κ2) is 56.9. The number of unbranched alkanes of at least 4 members (excludes halogenated alkanes) is 29. The van der Waals surface area contributed by atoms with Crippen LogP contribution in [0.4, 0.5) is 0 Å². The lowest BCUT2D eigenvalue weighted by atomic mass is 9.97. The van der Waals surface area contributed by atoms with Gasteiger partial charge in [0.1, 0.15) is 48.8 Å². The molecule has 0 radical (unpaired) electrons. The number of hydrogen-bond donors (Lipinski definition) is 9. The van der Waals surface area contributed by atoms with Crippen molar-refractivity contribution in [1.29, 1.82) is 0 Å². The van der Waals surface area contributed by atoms with Gasteiger partial charge in [-0.1, -0.05) is 272 Å². The highest BCUT2D eigenvalue weighted by molar-refractivity contribution is 5.76. The molecule has 0 aromatic heterocycles. The maximum Gasteiger partial charge on any atom is 0.220 e. The van der Waals surface area contributed by atoms with Crippen molar-refractivity contribution < 1.29 is 64.6 Å². The van der Waals surface area contributed by atoms with Crippen molar-refractivity contribution in [3.05, 3.63) is 97.2 Å². The van der Waals surface area contributed by atoms with Gasteiger partial charge in [-0.05, 0) is 83.5 Å². The topological polar surface area (TPSA) is 228 Å². The number of allylic oxidation sites excluding steroid dienone is 15. The van der Waals surface area contributed by atoms with Crippen molar-refractivity contribution >= 4 is 5.91 Å². The van der Waals surface area contributed by atoms with Gasteiger partial charge in [-0.2, -0.15) is 0 Å². The van der Waals surface area contributed by atoms with Gasteiger partial charge < -0.3 is 65.1 Å². The molecule has 14 nitrogen and oxygen atoms in total. The highest BCUT2D eigenvalue weighted by Gasteiger charge is 2.51. The van der Waals surface area contributed by atoms with Crippen molar-refractivity contribution in [3.8, 4) is 0 Å². The minimum absolute atomic E-state index is 0.253. The van der Waals surface area contributed by atoms with E-state index in [0.717, 1.165) is 77.0 Å². The first-order chi connectivity index (χ1) is 42.6. The van der Waals surface area contributed by atoms with E-state index in [4.69, 9.17) is 18.9 Å². The predicted octanol–water partition coefficient (Wildman–Crippen LogP) is 14.2. The lowest BCUT2D eigenvalue weighted by Crippen LogP contribution is -2.65. The first-order valence-electron chi connectivity index (χ1n) is 35.0. The Labute approximate surface area is 528 Å². The predicted molar refractivity (Wildman–Crippen MR) is 355 cm³/mol. The minimum atomic E-state index is -1.79. The number of aliphatic hydroxyl groups excluding tert-OH is 8. The highest BCUT2D eigenvalue weighted by Crippen LogP contribution is 2.30. The van der Waals surface area contributed by atoms with Crippen LogP contribution < -0.4 is 5.32 Å². The highest BCUT2D eigenvalue weighted by atomic mass is 16.7. The fraction of sp³-hybridized carbons (Fsp3) is 0.767. The molecule has 12 unspecified atom stereocenters. The smallest absolute Gasteiger partial charge is 0.220 e. The number of rotatable bonds is 56. The third-order valence-corrected chi connectivity index (χ3v) is 16.5. The number of amides is 1. The maximum absolute atomic E-state index is 13.3. The van der Waals surface area contributed by atoms with Gasteiger partial charge in [0, 0.05) is 6.42 Å². The molecule has 2 aliphatic heterocycles. The Hall–Kier alpha value is -3.09. The summed E-state index contributed by atoms with van der Waals surface area (Å²) in [6, 6.07) is -0.939. The lowest BCUT2D eigenvalue weighted by molar-refractivity contribution is -0.359. The Morgan fingerprint density at radius 1 is 0.425 bits per heavy atom. The SMILES string of the molecule is CC/C=C\C/C=C\C/C=C\C/C=C\C/C=C\CCCCCCCCCCCCCCCCCCCCCCCCCCCC(=O)NC(COC1OC(CO)C(OC2OC(CO)C(O)C(O)C2O)C(O)C1O)C(O)/C=C/CC/C=C/CC/C=C/CCCC. The van der Waals surface area contributed by atoms with E-state index >= 15 is 0 Å². The van der Waals surface area contributed by atoms with Crippen molar-refractivity contribution in [2.45, 2.75) is 338 Å². The van der Waals surface area contributed by atoms with E-state index in [1.807, 2.05) is 6.08 Å². The van der Waals surface area contributed by atoms with Gasteiger partial charge in [0.05, 0.1) is 32.0 Å². The molecule has 1 amide bonds. The van der Waals surface area contributed by atoms with E-state index in [1.54, 1.807) is 6.08 Å². The Morgan fingerprint density at radius 2 is 0.805 bits per heavy atom. The zero-order chi connectivity index (χ0) is 63.1. The third-order valence-electron chi connectivity index (χ3n) is 16.5. The van der Waals surface area contributed by atoms with Crippen LogP contribution in [0.5, 0.6) is 0 Å². The fourth-order valence-corrected chi connectivity index (χ4v) is 10.9. The van der Waals surface area contributed by atoms with E-state index in [1.165, 1.54) is 154 Å². The number of nitrogens with one attached hydrogen (secondary N) is 1. The van der Waals surface area contributed by atoms with E-state index in [-0.39, 0.29) is 18.9 Å². The molecule has 2 aliphatic rings. The molecule has 14 heteroatoms. The van der Waals surface area contributed by atoms with Crippen molar-refractivity contribution in [3.63, 3.8) is 0 Å². The molecule has 2 heterocycles. The van der Waals surface area contributed by atoms with Gasteiger partial charge in [0.2, 0.25) is 5.91 Å². The van der Waals surface area contributed by atoms with E-state index in [2.05, 4.69) is 104 Å². The fourth-order valence-electron chi connectivity index (χ4n) is 10.9. The molecule has 2 saturated heterocycles. The van der Waals surface area contributed by atoms with E-state index in [9.17, 15) is 45.6 Å². The molecule has 0 aliphatic carbocycles. The first kappa shape index (κ1) is 80.0. The summed E-state index contributed by atoms with van der Waals surface area (Å²) in [4.78, 5) is 13.3. The van der Waals surface area contributed by atoms with Crippen LogP contribution in [0.1, 0.15) is 264 Å². The van der Waals surface area contributed by atoms with Crippen LogP contribution >= 0.6 is 0 Å². The quantitative estimate of drug-likeness (QED) is 0.0204. The second-order valence-corrected chi connectivity index (χ2v) is 24.3. The average molecular weight is 1230 g/mol. The standard InChI is InChI=1S/C73H127NO13/c1-3-5-7-9-11-13-15-17-18-19-20-21-22-23-24-25-26-27-28-29-30-31-32-33-34-35-36-37-38-39-40-41-42-43-44-45-47-49-51-53-55-57-65(78)74-61(62(77)56-54-52-50-48-46-16-14-12-10-8-6-4-2)60-84-72-70(83)68(81)71(64(59-76)86-72)87-73-69(82)67(80)66(79)63(58-75)85-73/h5,7,10-13,17-18,20-21,23-24,46,48,54,56,61-64,66-73,75-77,79-83H,3-4,6,8-9,14-16,19,22,25-45,47,49-53,55,57-60H2,1-2H3,(H,74,78)/b7-5-,12-10+,13-11-,18-17-,21-20-,24-23-,48-46+,56-54+. The summed E-state index contributed by atoms with van der Waals surface area (Å²) in [5.41, 5.74) is 0. The normalized spacial score (nSPS) is 23.9. The molecule has 0 aromatic rings. The number of hydrogen-bond acceptors (Lipinski definition) is 13. The maximum atomic E-state index is 13.3. The van der Waals surface area contributed by atoms with Crippen LogP contribution in [-0.4, -0.2) is 140 Å². The van der Waals surface area contributed by atoms with Crippen LogP contribution in [-0.2, 0) is 23.7 Å². The number of carbonyl (C=O) groups excluding carboxylic acids is 1. The molecule has 12 atom stereocenters. The van der Waals surface area contributed by atoms with E-state index in [0.29, 0.717) is 12.8 Å². The van der Waals surface area contributed by atoms with Crippen LogP contribution in [0.2, 0.25) is 0 Å². The molecule has 0 saturated carbocycles. The van der Waals surface area contributed by atoms with E-state index < -0.39 is 86.8 Å². The summed E-state index contributed by atoms with van der Waals surface area (Å²) in [5, 5.41) is 87.1. The molecule has 2 rings (SSSR count). The van der Waals surface area contributed by atoms with Gasteiger partial charge >= 0.3 is 0 Å². The first-order valence-corrected chi connectivity index (χ1v) is 35.0.